The zero-order valence-corrected chi connectivity index (χ0v) is 13.5. The summed E-state index contributed by atoms with van der Waals surface area (Å²) in [7, 11) is 0. The first-order chi connectivity index (χ1) is 9.81. The van der Waals surface area contributed by atoms with E-state index in [0.717, 1.165) is 22.4 Å². The molecule has 2 rings (SSSR count). The second kappa shape index (κ2) is 5.86. The van der Waals surface area contributed by atoms with E-state index < -0.39 is 0 Å². The van der Waals surface area contributed by atoms with Crippen LogP contribution in [0.2, 0.25) is 0 Å². The molecule has 0 amide bonds. The Morgan fingerprint density at radius 3 is 2.33 bits per heavy atom. The zero-order valence-electron chi connectivity index (χ0n) is 13.5. The van der Waals surface area contributed by atoms with Gasteiger partial charge in [0.15, 0.2) is 0 Å². The Hall–Kier alpha value is -1.87. The number of aryl methyl sites for hydroxylation is 2. The van der Waals surface area contributed by atoms with Gasteiger partial charge in [0.25, 0.3) is 0 Å². The van der Waals surface area contributed by atoms with E-state index in [-0.39, 0.29) is 5.41 Å². The summed E-state index contributed by atoms with van der Waals surface area (Å²) < 4.78 is 5.96. The number of nitrogens with two attached hydrogens (primary N) is 1. The largest absolute Gasteiger partial charge is 0.438 e. The van der Waals surface area contributed by atoms with Crippen LogP contribution in [-0.4, -0.2) is 4.98 Å². The number of ether oxygens (including phenoxy) is 1. The van der Waals surface area contributed by atoms with E-state index in [2.05, 4.69) is 44.8 Å². The highest BCUT2D eigenvalue weighted by molar-refractivity contribution is 5.42. The topological polar surface area (TPSA) is 48.1 Å². The molecule has 3 heteroatoms. The lowest BCUT2D eigenvalue weighted by Gasteiger charge is -2.20. The van der Waals surface area contributed by atoms with Crippen LogP contribution >= 0.6 is 0 Å². The maximum Gasteiger partial charge on any atom is 0.222 e. The molecule has 0 bridgehead atoms. The molecule has 0 saturated heterocycles. The van der Waals surface area contributed by atoms with Gasteiger partial charge in [-0.25, -0.2) is 4.98 Å². The highest BCUT2D eigenvalue weighted by atomic mass is 16.5. The molecule has 1 aromatic heterocycles. The van der Waals surface area contributed by atoms with Crippen LogP contribution in [0.4, 0.5) is 0 Å². The van der Waals surface area contributed by atoms with E-state index in [1.54, 1.807) is 6.20 Å². The minimum Gasteiger partial charge on any atom is -0.438 e. The highest BCUT2D eigenvalue weighted by Gasteiger charge is 2.15. The third-order valence-corrected chi connectivity index (χ3v) is 3.57. The number of aromatic nitrogens is 1. The molecule has 0 aliphatic rings. The molecule has 1 aromatic carbocycles. The molecule has 2 N–H and O–H groups in total. The molecule has 0 spiro atoms. The predicted octanol–water partition coefficient (Wildman–Crippen LogP) is 4.25. The Balaban J connectivity index is 2.28. The normalized spacial score (nSPS) is 11.5. The quantitative estimate of drug-likeness (QED) is 0.916. The summed E-state index contributed by atoms with van der Waals surface area (Å²) in [5.41, 5.74) is 10.2. The number of hydrogen-bond acceptors (Lipinski definition) is 3. The van der Waals surface area contributed by atoms with Gasteiger partial charge >= 0.3 is 0 Å². The van der Waals surface area contributed by atoms with Gasteiger partial charge in [0.05, 0.1) is 0 Å². The molecule has 2 aromatic rings. The Bertz CT molecular complexity index is 642. The number of rotatable bonds is 3. The molecular formula is C18H24N2O. The summed E-state index contributed by atoms with van der Waals surface area (Å²) in [5, 5.41) is 0. The fraction of sp³-hybridized carbons (Fsp3) is 0.389. The van der Waals surface area contributed by atoms with Gasteiger partial charge < -0.3 is 10.5 Å². The second-order valence-electron chi connectivity index (χ2n) is 6.50. The van der Waals surface area contributed by atoms with E-state index >= 15 is 0 Å². The van der Waals surface area contributed by atoms with Crippen LogP contribution < -0.4 is 10.5 Å². The summed E-state index contributed by atoms with van der Waals surface area (Å²) in [5.74, 6) is 1.48. The maximum absolute atomic E-state index is 5.96. The number of benzene rings is 1. The van der Waals surface area contributed by atoms with Crippen molar-refractivity contribution < 1.29 is 4.74 Å². The molecule has 3 nitrogen and oxygen atoms in total. The first kappa shape index (κ1) is 15.5. The summed E-state index contributed by atoms with van der Waals surface area (Å²) >= 11 is 0. The lowest BCUT2D eigenvalue weighted by molar-refractivity contribution is 0.454. The summed E-state index contributed by atoms with van der Waals surface area (Å²) in [6.45, 7) is 11.2. The average Bonchev–Trinajstić information content (AvgIpc) is 2.41. The number of hydrogen-bond donors (Lipinski definition) is 1. The van der Waals surface area contributed by atoms with Gasteiger partial charge in [-0.3, -0.25) is 0 Å². The average molecular weight is 284 g/mol. The van der Waals surface area contributed by atoms with Crippen molar-refractivity contribution in [1.82, 2.24) is 4.98 Å². The van der Waals surface area contributed by atoms with Crippen molar-refractivity contribution in [3.63, 3.8) is 0 Å². The van der Waals surface area contributed by atoms with Crippen LogP contribution in [0.3, 0.4) is 0 Å². The summed E-state index contributed by atoms with van der Waals surface area (Å²) in [6, 6.07) is 8.33. The predicted molar refractivity (Wildman–Crippen MR) is 86.8 cm³/mol. The molecule has 0 unspecified atom stereocenters. The third-order valence-electron chi connectivity index (χ3n) is 3.57. The molecule has 1 heterocycles. The third kappa shape index (κ3) is 3.61. The minimum absolute atomic E-state index is 0.139. The maximum atomic E-state index is 5.96. The lowest BCUT2D eigenvalue weighted by atomic mass is 9.86. The van der Waals surface area contributed by atoms with Crippen molar-refractivity contribution >= 4 is 0 Å². The zero-order chi connectivity index (χ0) is 15.6. The number of nitrogens with zero attached hydrogens (tertiary/aromatic N) is 1. The molecule has 0 fully saturated rings. The molecular weight excluding hydrogens is 260 g/mol. The van der Waals surface area contributed by atoms with Crippen LogP contribution in [0.1, 0.15) is 43.0 Å². The fourth-order valence-corrected chi connectivity index (χ4v) is 2.17. The molecule has 21 heavy (non-hydrogen) atoms. The van der Waals surface area contributed by atoms with Gasteiger partial charge in [0, 0.05) is 18.3 Å². The SMILES string of the molecule is Cc1cc(C(C)(C)C)ccc1Oc1ncc(CN)cc1C. The van der Waals surface area contributed by atoms with Crippen LogP contribution in [0.5, 0.6) is 11.6 Å². The van der Waals surface area contributed by atoms with Crippen molar-refractivity contribution in [2.75, 3.05) is 0 Å². The smallest absolute Gasteiger partial charge is 0.222 e. The minimum atomic E-state index is 0.139. The molecule has 112 valence electrons. The van der Waals surface area contributed by atoms with Crippen LogP contribution in [0, 0.1) is 13.8 Å². The molecule has 0 radical (unpaired) electrons. The Kier molecular flexibility index (Phi) is 4.33. The van der Waals surface area contributed by atoms with Gasteiger partial charge in [-0.2, -0.15) is 0 Å². The van der Waals surface area contributed by atoms with Crippen molar-refractivity contribution in [2.45, 2.75) is 46.6 Å². The van der Waals surface area contributed by atoms with Gasteiger partial charge in [0.2, 0.25) is 5.88 Å². The van der Waals surface area contributed by atoms with Crippen molar-refractivity contribution in [3.8, 4) is 11.6 Å². The van der Waals surface area contributed by atoms with Gasteiger partial charge in [-0.15, -0.1) is 0 Å². The second-order valence-corrected chi connectivity index (χ2v) is 6.50. The fourth-order valence-electron chi connectivity index (χ4n) is 2.17. The van der Waals surface area contributed by atoms with Crippen LogP contribution in [0.15, 0.2) is 30.5 Å². The molecule has 0 aliphatic carbocycles. The Morgan fingerprint density at radius 2 is 1.81 bits per heavy atom. The molecule has 0 atom stereocenters. The lowest BCUT2D eigenvalue weighted by Crippen LogP contribution is -2.11. The Labute approximate surface area is 127 Å². The van der Waals surface area contributed by atoms with Gasteiger partial charge in [-0.05, 0) is 48.1 Å². The van der Waals surface area contributed by atoms with Crippen molar-refractivity contribution in [1.29, 1.82) is 0 Å². The monoisotopic (exact) mass is 284 g/mol. The standard InChI is InChI=1S/C18H24N2O/c1-12-9-15(18(3,4)5)6-7-16(12)21-17-13(2)8-14(10-19)11-20-17/h6-9,11H,10,19H2,1-5H3. The number of pyridine rings is 1. The van der Waals surface area contributed by atoms with Crippen molar-refractivity contribution in [3.05, 3.63) is 52.7 Å². The van der Waals surface area contributed by atoms with E-state index in [0.29, 0.717) is 12.4 Å². The molecule has 0 saturated carbocycles. The van der Waals surface area contributed by atoms with E-state index in [1.807, 2.05) is 19.1 Å². The van der Waals surface area contributed by atoms with E-state index in [1.165, 1.54) is 5.56 Å². The first-order valence-electron chi connectivity index (χ1n) is 7.26. The van der Waals surface area contributed by atoms with Gasteiger partial charge in [0.1, 0.15) is 5.75 Å². The first-order valence-corrected chi connectivity index (χ1v) is 7.26. The van der Waals surface area contributed by atoms with E-state index in [9.17, 15) is 0 Å². The highest BCUT2D eigenvalue weighted by Crippen LogP contribution is 2.30. The van der Waals surface area contributed by atoms with Crippen LogP contribution in [0.25, 0.3) is 0 Å². The van der Waals surface area contributed by atoms with E-state index in [4.69, 9.17) is 10.5 Å². The van der Waals surface area contributed by atoms with Gasteiger partial charge in [-0.1, -0.05) is 32.9 Å². The summed E-state index contributed by atoms with van der Waals surface area (Å²) in [6.07, 6.45) is 1.77. The van der Waals surface area contributed by atoms with Crippen molar-refractivity contribution in [2.24, 2.45) is 5.73 Å². The Morgan fingerprint density at radius 1 is 1.10 bits per heavy atom. The summed E-state index contributed by atoms with van der Waals surface area (Å²) in [4.78, 5) is 4.35. The van der Waals surface area contributed by atoms with Crippen LogP contribution in [-0.2, 0) is 12.0 Å². The molecule has 0 aliphatic heterocycles.